The molecule has 0 spiro atoms. The van der Waals surface area contributed by atoms with Gasteiger partial charge in [-0.3, -0.25) is 9.59 Å². The Labute approximate surface area is 226 Å². The third kappa shape index (κ3) is 7.91. The number of ether oxygens (including phenoxy) is 1. The molecule has 4 N–H and O–H groups in total. The molecule has 1 amide bonds. The van der Waals surface area contributed by atoms with Crippen molar-refractivity contribution >= 4 is 53.4 Å². The highest BCUT2D eigenvalue weighted by atomic mass is 127. The van der Waals surface area contributed by atoms with E-state index in [0.717, 1.165) is 5.56 Å². The fraction of sp³-hybridized carbons (Fsp3) is 0.333. The summed E-state index contributed by atoms with van der Waals surface area (Å²) < 4.78 is 5.08. The molecule has 0 unspecified atom stereocenters. The van der Waals surface area contributed by atoms with E-state index in [4.69, 9.17) is 16.3 Å². The maximum absolute atomic E-state index is 12.8. The number of aliphatic hydroxyl groups excluding tert-OH is 1. The fourth-order valence-electron chi connectivity index (χ4n) is 3.32. The van der Waals surface area contributed by atoms with Crippen molar-refractivity contribution in [2.45, 2.75) is 39.3 Å². The lowest BCUT2D eigenvalue weighted by molar-refractivity contribution is -0.141. The number of rotatable bonds is 10. The molecule has 11 heteroatoms. The van der Waals surface area contributed by atoms with Crippen LogP contribution in [0.25, 0.3) is 11.3 Å². The molecule has 2 atom stereocenters. The van der Waals surface area contributed by atoms with Crippen molar-refractivity contribution in [1.82, 2.24) is 20.3 Å². The zero-order chi connectivity index (χ0) is 24.7. The van der Waals surface area contributed by atoms with Gasteiger partial charge in [0.2, 0.25) is 5.95 Å². The second kappa shape index (κ2) is 13.4. The molecule has 0 saturated carbocycles. The number of carbonyl (C=O) groups excluding carboxylic acids is 2. The van der Waals surface area contributed by atoms with Gasteiger partial charge in [-0.05, 0) is 42.7 Å². The Bertz CT molecular complexity index is 1160. The average molecular weight is 614 g/mol. The number of H-pyrrole nitrogens is 1. The van der Waals surface area contributed by atoms with Crippen LogP contribution in [-0.2, 0) is 9.53 Å². The number of aryl methyl sites for hydroxylation is 1. The lowest BCUT2D eigenvalue weighted by atomic mass is 10.1. The minimum absolute atomic E-state index is 0. The summed E-state index contributed by atoms with van der Waals surface area (Å²) in [7, 11) is 0. The summed E-state index contributed by atoms with van der Waals surface area (Å²) in [5.41, 5.74) is 3.23. The first kappa shape index (κ1) is 28.5. The normalized spacial score (nSPS) is 12.3. The van der Waals surface area contributed by atoms with Crippen molar-refractivity contribution in [3.05, 3.63) is 64.6 Å². The minimum atomic E-state index is -0.599. The minimum Gasteiger partial charge on any atom is -0.464 e. The highest BCUT2D eigenvalue weighted by molar-refractivity contribution is 14.0. The lowest BCUT2D eigenvalue weighted by Gasteiger charge is -2.17. The number of aromatic amines is 1. The summed E-state index contributed by atoms with van der Waals surface area (Å²) in [6, 6.07) is 7.94. The number of aromatic nitrogens is 3. The topological polar surface area (TPSA) is 129 Å². The van der Waals surface area contributed by atoms with Gasteiger partial charge >= 0.3 is 5.97 Å². The van der Waals surface area contributed by atoms with Gasteiger partial charge in [0.05, 0.1) is 24.4 Å². The van der Waals surface area contributed by atoms with Crippen LogP contribution in [-0.4, -0.2) is 51.2 Å². The number of amides is 1. The first-order valence-electron chi connectivity index (χ1n) is 10.9. The zero-order valence-corrected chi connectivity index (χ0v) is 22.8. The average Bonchev–Trinajstić information content (AvgIpc) is 3.31. The molecule has 0 aliphatic heterocycles. The Morgan fingerprint density at radius 2 is 2.06 bits per heavy atom. The predicted molar refractivity (Wildman–Crippen MR) is 145 cm³/mol. The van der Waals surface area contributed by atoms with E-state index < -0.39 is 6.04 Å². The smallest absolute Gasteiger partial charge is 0.302 e. The van der Waals surface area contributed by atoms with Crippen LogP contribution in [0.5, 0.6) is 0 Å². The Morgan fingerprint density at radius 3 is 2.71 bits per heavy atom. The summed E-state index contributed by atoms with van der Waals surface area (Å²) in [5, 5.41) is 16.3. The number of esters is 1. The van der Waals surface area contributed by atoms with Gasteiger partial charge in [-0.1, -0.05) is 30.7 Å². The molecule has 0 radical (unpaired) electrons. The van der Waals surface area contributed by atoms with Crippen LogP contribution in [0.3, 0.4) is 0 Å². The van der Waals surface area contributed by atoms with Crippen LogP contribution < -0.4 is 10.6 Å². The Morgan fingerprint density at radius 1 is 1.29 bits per heavy atom. The van der Waals surface area contributed by atoms with Crippen LogP contribution in [0.1, 0.15) is 47.9 Å². The molecule has 2 aromatic heterocycles. The first-order chi connectivity index (χ1) is 16.3. The Kier molecular flexibility index (Phi) is 10.9. The van der Waals surface area contributed by atoms with E-state index in [9.17, 15) is 14.7 Å². The maximum Gasteiger partial charge on any atom is 0.302 e. The van der Waals surface area contributed by atoms with Crippen LogP contribution in [0.2, 0.25) is 5.02 Å². The molecule has 0 saturated heterocycles. The van der Waals surface area contributed by atoms with Gasteiger partial charge in [-0.2, -0.15) is 0 Å². The third-order valence-electron chi connectivity index (χ3n) is 5.23. The monoisotopic (exact) mass is 613 g/mol. The highest BCUT2D eigenvalue weighted by Crippen LogP contribution is 2.24. The molecule has 188 valence electrons. The van der Waals surface area contributed by atoms with Gasteiger partial charge in [0.1, 0.15) is 12.3 Å². The van der Waals surface area contributed by atoms with E-state index in [2.05, 4.69) is 25.6 Å². The largest absolute Gasteiger partial charge is 0.464 e. The summed E-state index contributed by atoms with van der Waals surface area (Å²) in [4.78, 5) is 35.8. The Hall–Kier alpha value is -2.70. The van der Waals surface area contributed by atoms with Gasteiger partial charge < -0.3 is 25.5 Å². The Balaban J connectivity index is 0.00000432. The van der Waals surface area contributed by atoms with Crippen molar-refractivity contribution in [2.75, 3.05) is 18.5 Å². The van der Waals surface area contributed by atoms with E-state index in [0.29, 0.717) is 39.9 Å². The van der Waals surface area contributed by atoms with Crippen molar-refractivity contribution in [3.63, 3.8) is 0 Å². The van der Waals surface area contributed by atoms with Crippen molar-refractivity contribution in [1.29, 1.82) is 0 Å². The molecular formula is C24H29ClIN5O4. The number of anilines is 1. The molecule has 0 aliphatic rings. The lowest BCUT2D eigenvalue weighted by Crippen LogP contribution is -2.31. The zero-order valence-electron chi connectivity index (χ0n) is 19.7. The molecule has 35 heavy (non-hydrogen) atoms. The fourth-order valence-corrected chi connectivity index (χ4v) is 3.52. The standard InChI is InChI=1S/C24H28ClN5O4.HI/c1-4-19(13-34-15(3)32)28-24-27-10-14(2)22(30-24)17-9-20(26-11-17)23(33)29-21(12-31)16-6-5-7-18(25)8-16;/h5-11,19,21,26,31H,4,12-13H2,1-3H3,(H,29,33)(H,27,28,30);1H/t19-,21-;/m1./s1. The number of hydrogen-bond acceptors (Lipinski definition) is 7. The van der Waals surface area contributed by atoms with Crippen LogP contribution in [0.4, 0.5) is 5.95 Å². The van der Waals surface area contributed by atoms with Crippen molar-refractivity contribution in [2.24, 2.45) is 0 Å². The van der Waals surface area contributed by atoms with Crippen LogP contribution in [0, 0.1) is 6.92 Å². The van der Waals surface area contributed by atoms with Crippen LogP contribution in [0.15, 0.2) is 42.7 Å². The number of aliphatic hydroxyl groups is 1. The van der Waals surface area contributed by atoms with E-state index in [-0.39, 0.29) is 55.1 Å². The first-order valence-corrected chi connectivity index (χ1v) is 11.3. The van der Waals surface area contributed by atoms with E-state index in [1.165, 1.54) is 6.92 Å². The van der Waals surface area contributed by atoms with Crippen molar-refractivity contribution in [3.8, 4) is 11.3 Å². The molecule has 3 aromatic rings. The number of carbonyl (C=O) groups is 2. The molecule has 3 rings (SSSR count). The molecule has 2 heterocycles. The predicted octanol–water partition coefficient (Wildman–Crippen LogP) is 4.27. The number of hydrogen-bond donors (Lipinski definition) is 4. The molecule has 0 bridgehead atoms. The second-order valence-corrected chi connectivity index (χ2v) is 8.28. The molecule has 0 aliphatic carbocycles. The summed E-state index contributed by atoms with van der Waals surface area (Å²) >= 11 is 6.03. The maximum atomic E-state index is 12.8. The number of halogens is 2. The quantitative estimate of drug-likeness (QED) is 0.199. The number of nitrogens with zero attached hydrogens (tertiary/aromatic N) is 2. The van der Waals surface area contributed by atoms with Gasteiger partial charge in [0, 0.05) is 29.9 Å². The van der Waals surface area contributed by atoms with E-state index >= 15 is 0 Å². The van der Waals surface area contributed by atoms with E-state index in [1.54, 1.807) is 42.7 Å². The summed E-state index contributed by atoms with van der Waals surface area (Å²) in [6.45, 7) is 5.15. The SMILES string of the molecule is CC[C@H](COC(C)=O)Nc1ncc(C)c(-c2c[nH]c(C(=O)N[C@H](CO)c3cccc(Cl)c3)c2)n1.I. The summed E-state index contributed by atoms with van der Waals surface area (Å²) in [6.07, 6.45) is 4.10. The van der Waals surface area contributed by atoms with E-state index in [1.807, 2.05) is 13.8 Å². The van der Waals surface area contributed by atoms with Gasteiger partial charge in [-0.25, -0.2) is 9.97 Å². The summed E-state index contributed by atoms with van der Waals surface area (Å²) in [5.74, 6) is -0.321. The number of nitrogens with one attached hydrogen (secondary N) is 3. The van der Waals surface area contributed by atoms with Crippen molar-refractivity contribution < 1.29 is 19.4 Å². The number of benzene rings is 1. The van der Waals surface area contributed by atoms with Gasteiger partial charge in [0.25, 0.3) is 5.91 Å². The second-order valence-electron chi connectivity index (χ2n) is 7.84. The van der Waals surface area contributed by atoms with Gasteiger partial charge in [-0.15, -0.1) is 24.0 Å². The molecule has 0 fully saturated rings. The van der Waals surface area contributed by atoms with Crippen LogP contribution >= 0.6 is 35.6 Å². The highest BCUT2D eigenvalue weighted by Gasteiger charge is 2.18. The van der Waals surface area contributed by atoms with Gasteiger partial charge in [0.15, 0.2) is 0 Å². The molecular weight excluding hydrogens is 585 g/mol. The molecule has 9 nitrogen and oxygen atoms in total. The third-order valence-corrected chi connectivity index (χ3v) is 5.46. The molecule has 1 aromatic carbocycles.